The average Bonchev–Trinajstić information content (AvgIpc) is 2.27. The molecule has 2 aromatic carbocycles. The minimum atomic E-state index is -0.481. The van der Waals surface area contributed by atoms with Gasteiger partial charge in [-0.2, -0.15) is 0 Å². The van der Waals surface area contributed by atoms with Gasteiger partial charge in [-0.05, 0) is 42.3 Å². The molecule has 0 amide bonds. The SMILES string of the molecule is Cc1cc(F)c(-c2ccc(Cl)c(N)c2)cc1F. The van der Waals surface area contributed by atoms with Crippen LogP contribution in [0.2, 0.25) is 5.02 Å². The Morgan fingerprint density at radius 1 is 1.06 bits per heavy atom. The van der Waals surface area contributed by atoms with E-state index in [1.807, 2.05) is 0 Å². The third-order valence-electron chi connectivity index (χ3n) is 2.56. The van der Waals surface area contributed by atoms with Crippen LogP contribution in [0.1, 0.15) is 5.56 Å². The highest BCUT2D eigenvalue weighted by atomic mass is 35.5. The molecule has 2 N–H and O–H groups in total. The van der Waals surface area contributed by atoms with E-state index in [9.17, 15) is 8.78 Å². The molecule has 0 aliphatic carbocycles. The van der Waals surface area contributed by atoms with Gasteiger partial charge in [0.05, 0.1) is 10.7 Å². The van der Waals surface area contributed by atoms with Crippen molar-refractivity contribution in [3.63, 3.8) is 0 Å². The highest BCUT2D eigenvalue weighted by Crippen LogP contribution is 2.29. The zero-order valence-corrected chi connectivity index (χ0v) is 9.85. The van der Waals surface area contributed by atoms with Crippen LogP contribution < -0.4 is 5.73 Å². The average molecular weight is 254 g/mol. The van der Waals surface area contributed by atoms with E-state index >= 15 is 0 Å². The fourth-order valence-electron chi connectivity index (χ4n) is 1.58. The van der Waals surface area contributed by atoms with Gasteiger partial charge in [-0.3, -0.25) is 0 Å². The number of rotatable bonds is 1. The van der Waals surface area contributed by atoms with Crippen molar-refractivity contribution < 1.29 is 8.78 Å². The molecule has 0 aromatic heterocycles. The molecular weight excluding hydrogens is 244 g/mol. The van der Waals surface area contributed by atoms with Crippen molar-refractivity contribution in [2.75, 3.05) is 5.73 Å². The van der Waals surface area contributed by atoms with Gasteiger partial charge in [-0.25, -0.2) is 8.78 Å². The molecule has 0 heterocycles. The van der Waals surface area contributed by atoms with E-state index in [1.54, 1.807) is 12.1 Å². The first-order valence-corrected chi connectivity index (χ1v) is 5.38. The number of aryl methyl sites for hydroxylation is 1. The van der Waals surface area contributed by atoms with Crippen LogP contribution >= 0.6 is 11.6 Å². The minimum Gasteiger partial charge on any atom is -0.398 e. The van der Waals surface area contributed by atoms with Crippen LogP contribution in [0.5, 0.6) is 0 Å². The predicted molar refractivity (Wildman–Crippen MR) is 66.0 cm³/mol. The third-order valence-corrected chi connectivity index (χ3v) is 2.90. The minimum absolute atomic E-state index is 0.177. The Labute approximate surface area is 103 Å². The molecule has 0 saturated carbocycles. The molecule has 0 aliphatic heterocycles. The van der Waals surface area contributed by atoms with Gasteiger partial charge in [0.25, 0.3) is 0 Å². The summed E-state index contributed by atoms with van der Waals surface area (Å²) in [6.07, 6.45) is 0. The number of hydrogen-bond acceptors (Lipinski definition) is 1. The second-order valence-corrected chi connectivity index (χ2v) is 4.22. The number of nitrogens with two attached hydrogens (primary N) is 1. The van der Waals surface area contributed by atoms with Crippen molar-refractivity contribution in [2.45, 2.75) is 6.92 Å². The lowest BCUT2D eigenvalue weighted by Gasteiger charge is -2.07. The number of halogens is 3. The lowest BCUT2D eigenvalue weighted by Crippen LogP contribution is -1.92. The maximum absolute atomic E-state index is 13.7. The molecule has 2 rings (SSSR count). The van der Waals surface area contributed by atoms with Gasteiger partial charge in [0.15, 0.2) is 0 Å². The normalized spacial score (nSPS) is 10.6. The molecule has 1 nitrogen and oxygen atoms in total. The first-order chi connectivity index (χ1) is 7.99. The van der Waals surface area contributed by atoms with Crippen LogP contribution in [0.15, 0.2) is 30.3 Å². The second kappa shape index (κ2) is 4.34. The first kappa shape index (κ1) is 11.9. The zero-order chi connectivity index (χ0) is 12.6. The Kier molecular flexibility index (Phi) is 3.03. The van der Waals surface area contributed by atoms with Crippen LogP contribution in [0, 0.1) is 18.6 Å². The van der Waals surface area contributed by atoms with Crippen LogP contribution in [0.3, 0.4) is 0 Å². The van der Waals surface area contributed by atoms with Crippen LogP contribution in [0.4, 0.5) is 14.5 Å². The molecule has 4 heteroatoms. The molecule has 2 aromatic rings. The largest absolute Gasteiger partial charge is 0.398 e. The summed E-state index contributed by atoms with van der Waals surface area (Å²) < 4.78 is 27.1. The van der Waals surface area contributed by atoms with Gasteiger partial charge in [0, 0.05) is 5.56 Å². The van der Waals surface area contributed by atoms with Gasteiger partial charge in [-0.1, -0.05) is 17.7 Å². The van der Waals surface area contributed by atoms with Crippen LogP contribution in [-0.2, 0) is 0 Å². The number of anilines is 1. The van der Waals surface area contributed by atoms with E-state index in [0.29, 0.717) is 16.3 Å². The molecule has 0 aliphatic rings. The van der Waals surface area contributed by atoms with E-state index in [4.69, 9.17) is 17.3 Å². The Balaban J connectivity index is 2.60. The summed E-state index contributed by atoms with van der Waals surface area (Å²) >= 11 is 5.77. The second-order valence-electron chi connectivity index (χ2n) is 3.82. The summed E-state index contributed by atoms with van der Waals surface area (Å²) in [7, 11) is 0. The van der Waals surface area contributed by atoms with E-state index in [0.717, 1.165) is 12.1 Å². The molecule has 17 heavy (non-hydrogen) atoms. The number of benzene rings is 2. The molecule has 0 fully saturated rings. The quantitative estimate of drug-likeness (QED) is 0.758. The molecule has 0 atom stereocenters. The highest BCUT2D eigenvalue weighted by molar-refractivity contribution is 6.33. The molecule has 88 valence electrons. The summed E-state index contributed by atoms with van der Waals surface area (Å²) in [6.45, 7) is 1.51. The lowest BCUT2D eigenvalue weighted by atomic mass is 10.0. The molecule has 0 spiro atoms. The lowest BCUT2D eigenvalue weighted by molar-refractivity contribution is 0.595. The van der Waals surface area contributed by atoms with E-state index in [1.165, 1.54) is 13.0 Å². The number of nitrogen functional groups attached to an aromatic ring is 1. The summed E-state index contributed by atoms with van der Waals surface area (Å²) in [5, 5.41) is 0.391. The maximum Gasteiger partial charge on any atom is 0.131 e. The van der Waals surface area contributed by atoms with Crippen molar-refractivity contribution in [1.82, 2.24) is 0 Å². The maximum atomic E-state index is 13.7. The van der Waals surface area contributed by atoms with Gasteiger partial charge in [0.2, 0.25) is 0 Å². The van der Waals surface area contributed by atoms with Gasteiger partial charge >= 0.3 is 0 Å². The van der Waals surface area contributed by atoms with Crippen LogP contribution in [-0.4, -0.2) is 0 Å². The summed E-state index contributed by atoms with van der Waals surface area (Å²) in [5.41, 5.74) is 6.92. The van der Waals surface area contributed by atoms with Crippen molar-refractivity contribution in [3.05, 3.63) is 52.6 Å². The smallest absolute Gasteiger partial charge is 0.131 e. The molecular formula is C13H10ClF2N. The fraction of sp³-hybridized carbons (Fsp3) is 0.0769. The highest BCUT2D eigenvalue weighted by Gasteiger charge is 2.10. The molecule has 0 bridgehead atoms. The van der Waals surface area contributed by atoms with Gasteiger partial charge < -0.3 is 5.73 Å². The number of hydrogen-bond donors (Lipinski definition) is 1. The van der Waals surface area contributed by atoms with E-state index in [2.05, 4.69) is 0 Å². The van der Waals surface area contributed by atoms with Gasteiger partial charge in [-0.15, -0.1) is 0 Å². The van der Waals surface area contributed by atoms with Crippen molar-refractivity contribution in [1.29, 1.82) is 0 Å². The van der Waals surface area contributed by atoms with Crippen molar-refractivity contribution in [3.8, 4) is 11.1 Å². The summed E-state index contributed by atoms with van der Waals surface area (Å²) in [4.78, 5) is 0. The summed E-state index contributed by atoms with van der Waals surface area (Å²) in [6, 6.07) is 7.01. The fourth-order valence-corrected chi connectivity index (χ4v) is 1.70. The van der Waals surface area contributed by atoms with E-state index in [-0.39, 0.29) is 11.1 Å². The summed E-state index contributed by atoms with van der Waals surface area (Å²) in [5.74, 6) is -0.930. The first-order valence-electron chi connectivity index (χ1n) is 5.00. The Morgan fingerprint density at radius 2 is 1.76 bits per heavy atom. The third kappa shape index (κ3) is 2.24. The molecule has 0 unspecified atom stereocenters. The Hall–Kier alpha value is -1.61. The predicted octanol–water partition coefficient (Wildman–Crippen LogP) is 4.18. The molecule has 0 radical (unpaired) electrons. The topological polar surface area (TPSA) is 26.0 Å². The van der Waals surface area contributed by atoms with Gasteiger partial charge in [0.1, 0.15) is 11.6 Å². The monoisotopic (exact) mass is 253 g/mol. The Morgan fingerprint density at radius 3 is 2.41 bits per heavy atom. The Bertz CT molecular complexity index is 582. The standard InChI is InChI=1S/C13H10ClF2N/c1-7-4-12(16)9(6-11(7)15)8-2-3-10(14)13(17)5-8/h2-6H,17H2,1H3. The zero-order valence-electron chi connectivity index (χ0n) is 9.10. The molecule has 0 saturated heterocycles. The van der Waals surface area contributed by atoms with Crippen LogP contribution in [0.25, 0.3) is 11.1 Å². The van der Waals surface area contributed by atoms with Crippen molar-refractivity contribution in [2.24, 2.45) is 0 Å². The van der Waals surface area contributed by atoms with E-state index < -0.39 is 11.6 Å². The van der Waals surface area contributed by atoms with Crippen molar-refractivity contribution >= 4 is 17.3 Å².